The Morgan fingerprint density at radius 3 is 2.48 bits per heavy atom. The Labute approximate surface area is 121 Å². The third-order valence-electron chi connectivity index (χ3n) is 3.62. The van der Waals surface area contributed by atoms with Crippen LogP contribution in [0.15, 0.2) is 29.2 Å². The fourth-order valence-corrected chi connectivity index (χ4v) is 2.92. The molecular formula is C13H16F2N2O3S. The van der Waals surface area contributed by atoms with Gasteiger partial charge < -0.3 is 10.6 Å². The highest BCUT2D eigenvalue weighted by atomic mass is 32.2. The van der Waals surface area contributed by atoms with Gasteiger partial charge in [-0.05, 0) is 31.1 Å². The molecule has 1 aromatic carbocycles. The molecule has 1 fully saturated rings. The maximum Gasteiger partial charge on any atom is 0.341 e. The summed E-state index contributed by atoms with van der Waals surface area (Å²) < 4.78 is 48.5. The van der Waals surface area contributed by atoms with E-state index in [2.05, 4.69) is 10.6 Å². The molecule has 0 spiro atoms. The van der Waals surface area contributed by atoms with E-state index < -0.39 is 20.5 Å². The zero-order valence-corrected chi connectivity index (χ0v) is 12.2. The van der Waals surface area contributed by atoms with E-state index in [1.165, 1.54) is 18.2 Å². The Kier molecular flexibility index (Phi) is 4.58. The summed E-state index contributed by atoms with van der Waals surface area (Å²) in [6, 6.07) is 5.19. The summed E-state index contributed by atoms with van der Waals surface area (Å²) in [7, 11) is -4.75. The van der Waals surface area contributed by atoms with Crippen molar-refractivity contribution < 1.29 is 22.0 Å². The molecule has 21 heavy (non-hydrogen) atoms. The summed E-state index contributed by atoms with van der Waals surface area (Å²) in [5, 5.41) is 5.48. The molecule has 1 aliphatic rings. The zero-order valence-electron chi connectivity index (χ0n) is 11.3. The molecule has 1 atom stereocenters. The summed E-state index contributed by atoms with van der Waals surface area (Å²) in [6.07, 6.45) is 0. The molecule has 1 aliphatic heterocycles. The number of carbonyl (C=O) groups excluding carboxylic acids is 1. The highest BCUT2D eigenvalue weighted by molar-refractivity contribution is 7.91. The number of anilines is 1. The molecule has 0 bridgehead atoms. The quantitative estimate of drug-likeness (QED) is 0.862. The number of amides is 1. The maximum atomic E-state index is 12.7. The van der Waals surface area contributed by atoms with Crippen molar-refractivity contribution in [2.75, 3.05) is 18.4 Å². The first-order valence-corrected chi connectivity index (χ1v) is 8.01. The number of halogens is 2. The monoisotopic (exact) mass is 318 g/mol. The molecule has 2 N–H and O–H groups in total. The largest absolute Gasteiger partial charge is 0.341 e. The Balaban J connectivity index is 2.23. The zero-order chi connectivity index (χ0) is 15.6. The summed E-state index contributed by atoms with van der Waals surface area (Å²) >= 11 is 0. The molecule has 0 saturated carbocycles. The second kappa shape index (κ2) is 6.07. The molecule has 2 rings (SSSR count). The lowest BCUT2D eigenvalue weighted by molar-refractivity contribution is -0.121. The van der Waals surface area contributed by atoms with Crippen molar-refractivity contribution in [1.82, 2.24) is 5.32 Å². The topological polar surface area (TPSA) is 75.3 Å². The lowest BCUT2D eigenvalue weighted by atomic mass is 9.88. The van der Waals surface area contributed by atoms with Gasteiger partial charge in [0.1, 0.15) is 0 Å². The van der Waals surface area contributed by atoms with Gasteiger partial charge in [-0.15, -0.1) is 0 Å². The van der Waals surface area contributed by atoms with Gasteiger partial charge in [-0.2, -0.15) is 8.78 Å². The number of para-hydroxylation sites is 1. The van der Waals surface area contributed by atoms with Gasteiger partial charge in [0, 0.05) is 5.92 Å². The van der Waals surface area contributed by atoms with Crippen molar-refractivity contribution in [3.05, 3.63) is 24.3 Å². The predicted octanol–water partition coefficient (Wildman–Crippen LogP) is 1.48. The number of carbonyl (C=O) groups is 1. The number of benzene rings is 1. The Hall–Kier alpha value is -1.54. The molecule has 1 unspecified atom stereocenters. The number of hydrogen-bond donors (Lipinski definition) is 2. The molecule has 0 aliphatic carbocycles. The molecule has 1 heterocycles. The molecule has 8 heteroatoms. The highest BCUT2D eigenvalue weighted by Gasteiger charge is 2.32. The average Bonchev–Trinajstić information content (AvgIpc) is 2.36. The SMILES string of the molecule is CC(C(=O)Nc1ccccc1S(=O)(=O)C(F)F)C1CNC1. The van der Waals surface area contributed by atoms with E-state index in [0.29, 0.717) is 13.1 Å². The molecule has 0 radical (unpaired) electrons. The van der Waals surface area contributed by atoms with Crippen LogP contribution < -0.4 is 10.6 Å². The first-order valence-electron chi connectivity index (χ1n) is 6.46. The van der Waals surface area contributed by atoms with E-state index >= 15 is 0 Å². The standard InChI is InChI=1S/C13H16F2N2O3S/c1-8(9-6-16-7-9)12(18)17-10-4-2-3-5-11(10)21(19,20)13(14)15/h2-5,8-9,13,16H,6-7H2,1H3,(H,17,18). The smallest absolute Gasteiger partial charge is 0.325 e. The molecule has 1 amide bonds. The van der Waals surface area contributed by atoms with Crippen LogP contribution in [0.3, 0.4) is 0 Å². The Morgan fingerprint density at radius 2 is 1.95 bits per heavy atom. The first-order chi connectivity index (χ1) is 9.84. The summed E-state index contributed by atoms with van der Waals surface area (Å²) in [6.45, 7) is 3.15. The Morgan fingerprint density at radius 1 is 1.33 bits per heavy atom. The van der Waals surface area contributed by atoms with Crippen LogP contribution in [0.4, 0.5) is 14.5 Å². The number of alkyl halides is 2. The minimum absolute atomic E-state index is 0.109. The fraction of sp³-hybridized carbons (Fsp3) is 0.462. The van der Waals surface area contributed by atoms with Crippen molar-refractivity contribution >= 4 is 21.4 Å². The van der Waals surface area contributed by atoms with Gasteiger partial charge in [0.2, 0.25) is 15.7 Å². The van der Waals surface area contributed by atoms with Crippen molar-refractivity contribution in [1.29, 1.82) is 0 Å². The minimum Gasteiger partial charge on any atom is -0.325 e. The van der Waals surface area contributed by atoms with E-state index in [-0.39, 0.29) is 23.4 Å². The van der Waals surface area contributed by atoms with Gasteiger partial charge in [0.15, 0.2) is 0 Å². The van der Waals surface area contributed by atoms with E-state index in [1.807, 2.05) is 0 Å². The Bertz CT molecular complexity index is 630. The predicted molar refractivity (Wildman–Crippen MR) is 73.8 cm³/mol. The van der Waals surface area contributed by atoms with Crippen molar-refractivity contribution in [2.24, 2.45) is 11.8 Å². The maximum absolute atomic E-state index is 12.7. The second-order valence-electron chi connectivity index (χ2n) is 5.00. The highest BCUT2D eigenvalue weighted by Crippen LogP contribution is 2.27. The van der Waals surface area contributed by atoms with E-state index in [9.17, 15) is 22.0 Å². The van der Waals surface area contributed by atoms with E-state index in [4.69, 9.17) is 0 Å². The third kappa shape index (κ3) is 3.21. The van der Waals surface area contributed by atoms with Crippen LogP contribution in [-0.2, 0) is 14.6 Å². The average molecular weight is 318 g/mol. The van der Waals surface area contributed by atoms with Gasteiger partial charge in [-0.25, -0.2) is 8.42 Å². The van der Waals surface area contributed by atoms with Crippen LogP contribution in [0, 0.1) is 11.8 Å². The van der Waals surface area contributed by atoms with Crippen molar-refractivity contribution in [3.63, 3.8) is 0 Å². The first kappa shape index (κ1) is 15.8. The van der Waals surface area contributed by atoms with E-state index in [1.54, 1.807) is 6.92 Å². The number of hydrogen-bond acceptors (Lipinski definition) is 4. The lowest BCUT2D eigenvalue weighted by Crippen LogP contribution is -2.48. The van der Waals surface area contributed by atoms with Crippen LogP contribution in [0.5, 0.6) is 0 Å². The van der Waals surface area contributed by atoms with Crippen LogP contribution >= 0.6 is 0 Å². The number of rotatable bonds is 5. The summed E-state index contributed by atoms with van der Waals surface area (Å²) in [5.74, 6) is -4.06. The minimum atomic E-state index is -4.75. The van der Waals surface area contributed by atoms with Gasteiger partial charge in [0.25, 0.3) is 0 Å². The summed E-state index contributed by atoms with van der Waals surface area (Å²) in [4.78, 5) is 11.5. The number of sulfone groups is 1. The molecule has 1 aromatic rings. The normalized spacial score (nSPS) is 17.3. The van der Waals surface area contributed by atoms with Crippen molar-refractivity contribution in [2.45, 2.75) is 17.6 Å². The van der Waals surface area contributed by atoms with E-state index in [0.717, 1.165) is 6.07 Å². The molecule has 1 saturated heterocycles. The van der Waals surface area contributed by atoms with Gasteiger partial charge in [-0.3, -0.25) is 4.79 Å². The van der Waals surface area contributed by atoms with Crippen LogP contribution in [0.1, 0.15) is 6.92 Å². The fourth-order valence-electron chi connectivity index (χ4n) is 2.04. The molecule has 5 nitrogen and oxygen atoms in total. The summed E-state index contributed by atoms with van der Waals surface area (Å²) in [5.41, 5.74) is -0.109. The van der Waals surface area contributed by atoms with Crippen LogP contribution in [0.25, 0.3) is 0 Å². The van der Waals surface area contributed by atoms with Gasteiger partial charge in [-0.1, -0.05) is 19.1 Å². The van der Waals surface area contributed by atoms with Gasteiger partial charge >= 0.3 is 5.76 Å². The molecular weight excluding hydrogens is 302 g/mol. The van der Waals surface area contributed by atoms with Crippen molar-refractivity contribution in [3.8, 4) is 0 Å². The van der Waals surface area contributed by atoms with Crippen LogP contribution in [-0.4, -0.2) is 33.2 Å². The second-order valence-corrected chi connectivity index (χ2v) is 6.88. The van der Waals surface area contributed by atoms with Gasteiger partial charge in [0.05, 0.1) is 10.6 Å². The molecule has 116 valence electrons. The lowest BCUT2D eigenvalue weighted by Gasteiger charge is -2.31. The number of nitrogens with one attached hydrogen (secondary N) is 2. The molecule has 0 aromatic heterocycles. The van der Waals surface area contributed by atoms with Crippen LogP contribution in [0.2, 0.25) is 0 Å². The third-order valence-corrected chi connectivity index (χ3v) is 5.06.